The molecule has 1 N–H and O–H groups in total. The van der Waals surface area contributed by atoms with E-state index in [0.717, 1.165) is 22.5 Å². The first-order valence-corrected chi connectivity index (χ1v) is 10.4. The van der Waals surface area contributed by atoms with Gasteiger partial charge >= 0.3 is 0 Å². The predicted octanol–water partition coefficient (Wildman–Crippen LogP) is 5.11. The Balaban J connectivity index is 1.60. The van der Waals surface area contributed by atoms with E-state index in [2.05, 4.69) is 15.5 Å². The Morgan fingerprint density at radius 2 is 1.67 bits per heavy atom. The van der Waals surface area contributed by atoms with E-state index >= 15 is 0 Å². The number of carbonyl (C=O) groups excluding carboxylic acids is 1. The number of aryl methyl sites for hydroxylation is 1. The molecule has 4 aromatic rings. The molecule has 1 aromatic heterocycles. The molecule has 1 heterocycles. The number of hydrogen-bond donors (Lipinski definition) is 1. The third-order valence-corrected chi connectivity index (χ3v) is 5.43. The highest BCUT2D eigenvalue weighted by molar-refractivity contribution is 7.99. The average molecular weight is 418 g/mol. The van der Waals surface area contributed by atoms with E-state index in [1.54, 1.807) is 12.1 Å². The Morgan fingerprint density at radius 3 is 2.40 bits per heavy atom. The van der Waals surface area contributed by atoms with Crippen molar-refractivity contribution in [2.24, 2.45) is 0 Å². The molecule has 0 saturated heterocycles. The van der Waals surface area contributed by atoms with Crippen LogP contribution >= 0.6 is 11.8 Å². The first kappa shape index (κ1) is 19.8. The van der Waals surface area contributed by atoms with Crippen molar-refractivity contribution in [2.45, 2.75) is 12.1 Å². The molecule has 0 bridgehead atoms. The molecule has 150 valence electrons. The summed E-state index contributed by atoms with van der Waals surface area (Å²) in [4.78, 5) is 12.5. The molecular formula is C23H19FN4OS. The van der Waals surface area contributed by atoms with E-state index in [1.165, 1.54) is 23.9 Å². The maximum atomic E-state index is 13.4. The smallest absolute Gasteiger partial charge is 0.234 e. The van der Waals surface area contributed by atoms with Crippen LogP contribution in [0.5, 0.6) is 0 Å². The van der Waals surface area contributed by atoms with Crippen LogP contribution in [-0.2, 0) is 4.79 Å². The maximum Gasteiger partial charge on any atom is 0.234 e. The van der Waals surface area contributed by atoms with Gasteiger partial charge in [0.1, 0.15) is 5.82 Å². The van der Waals surface area contributed by atoms with Gasteiger partial charge in [0.25, 0.3) is 0 Å². The fourth-order valence-corrected chi connectivity index (χ4v) is 3.74. The summed E-state index contributed by atoms with van der Waals surface area (Å²) in [7, 11) is 0. The fraction of sp³-hybridized carbons (Fsp3) is 0.0870. The van der Waals surface area contributed by atoms with Crippen LogP contribution < -0.4 is 5.32 Å². The van der Waals surface area contributed by atoms with E-state index in [4.69, 9.17) is 0 Å². The van der Waals surface area contributed by atoms with Gasteiger partial charge in [-0.3, -0.25) is 9.36 Å². The first-order chi connectivity index (χ1) is 14.6. The number of aromatic nitrogens is 3. The van der Waals surface area contributed by atoms with Gasteiger partial charge in [0.15, 0.2) is 11.0 Å². The molecule has 0 fully saturated rings. The second kappa shape index (κ2) is 8.92. The molecule has 0 aliphatic rings. The SMILES string of the molecule is Cc1ccccc1NC(=O)CSc1nnc(-c2ccccc2)n1-c1ccc(F)cc1. The quantitative estimate of drug-likeness (QED) is 0.442. The van der Waals surface area contributed by atoms with Crippen molar-refractivity contribution in [3.05, 3.63) is 90.2 Å². The van der Waals surface area contributed by atoms with Crippen LogP contribution in [0.4, 0.5) is 10.1 Å². The Morgan fingerprint density at radius 1 is 0.967 bits per heavy atom. The number of thioether (sulfide) groups is 1. The highest BCUT2D eigenvalue weighted by Crippen LogP contribution is 2.28. The van der Waals surface area contributed by atoms with Crippen LogP contribution in [0.1, 0.15) is 5.56 Å². The van der Waals surface area contributed by atoms with Crippen molar-refractivity contribution < 1.29 is 9.18 Å². The number of para-hydroxylation sites is 1. The Labute approximate surface area is 178 Å². The molecule has 0 atom stereocenters. The van der Waals surface area contributed by atoms with Crippen molar-refractivity contribution in [1.29, 1.82) is 0 Å². The molecule has 4 rings (SSSR count). The van der Waals surface area contributed by atoms with E-state index in [0.29, 0.717) is 11.0 Å². The van der Waals surface area contributed by atoms with Gasteiger partial charge in [0.05, 0.1) is 5.75 Å². The van der Waals surface area contributed by atoms with Crippen LogP contribution in [0.3, 0.4) is 0 Å². The molecule has 0 unspecified atom stereocenters. The van der Waals surface area contributed by atoms with Gasteiger partial charge in [-0.1, -0.05) is 60.3 Å². The molecule has 7 heteroatoms. The molecule has 3 aromatic carbocycles. The van der Waals surface area contributed by atoms with Crippen molar-refractivity contribution in [1.82, 2.24) is 14.8 Å². The fourth-order valence-electron chi connectivity index (χ4n) is 2.99. The summed E-state index contributed by atoms with van der Waals surface area (Å²) in [6.45, 7) is 1.94. The normalized spacial score (nSPS) is 10.7. The highest BCUT2D eigenvalue weighted by atomic mass is 32.2. The molecular weight excluding hydrogens is 399 g/mol. The predicted molar refractivity (Wildman–Crippen MR) is 117 cm³/mol. The van der Waals surface area contributed by atoms with Gasteiger partial charge in [-0.15, -0.1) is 10.2 Å². The van der Waals surface area contributed by atoms with Gasteiger partial charge in [-0.05, 0) is 42.8 Å². The minimum absolute atomic E-state index is 0.135. The molecule has 0 radical (unpaired) electrons. The van der Waals surface area contributed by atoms with Gasteiger partial charge in [-0.25, -0.2) is 4.39 Å². The summed E-state index contributed by atoms with van der Waals surface area (Å²) in [5.74, 6) is 0.343. The van der Waals surface area contributed by atoms with Crippen LogP contribution in [0.15, 0.2) is 84.0 Å². The van der Waals surface area contributed by atoms with Crippen molar-refractivity contribution >= 4 is 23.4 Å². The van der Waals surface area contributed by atoms with E-state index in [1.807, 2.05) is 66.1 Å². The lowest BCUT2D eigenvalue weighted by Gasteiger charge is -2.11. The maximum absolute atomic E-state index is 13.4. The number of anilines is 1. The number of amides is 1. The van der Waals surface area contributed by atoms with Crippen LogP contribution in [0.2, 0.25) is 0 Å². The first-order valence-electron chi connectivity index (χ1n) is 9.37. The third-order valence-electron chi connectivity index (χ3n) is 4.50. The monoisotopic (exact) mass is 418 g/mol. The van der Waals surface area contributed by atoms with Gasteiger partial charge in [-0.2, -0.15) is 0 Å². The summed E-state index contributed by atoms with van der Waals surface area (Å²) in [6.07, 6.45) is 0. The number of halogens is 1. The third kappa shape index (κ3) is 4.41. The van der Waals surface area contributed by atoms with E-state index < -0.39 is 0 Å². The number of hydrogen-bond acceptors (Lipinski definition) is 4. The van der Waals surface area contributed by atoms with Crippen molar-refractivity contribution in [3.8, 4) is 17.1 Å². The molecule has 0 aliphatic heterocycles. The summed E-state index contributed by atoms with van der Waals surface area (Å²) >= 11 is 1.28. The lowest BCUT2D eigenvalue weighted by atomic mass is 10.2. The van der Waals surface area contributed by atoms with Crippen LogP contribution in [0.25, 0.3) is 17.1 Å². The van der Waals surface area contributed by atoms with Crippen LogP contribution in [0, 0.1) is 12.7 Å². The lowest BCUT2D eigenvalue weighted by Crippen LogP contribution is -2.15. The minimum Gasteiger partial charge on any atom is -0.325 e. The number of nitrogens with one attached hydrogen (secondary N) is 1. The lowest BCUT2D eigenvalue weighted by molar-refractivity contribution is -0.113. The molecule has 30 heavy (non-hydrogen) atoms. The Hall–Kier alpha value is -3.45. The summed E-state index contributed by atoms with van der Waals surface area (Å²) in [6, 6.07) is 23.4. The van der Waals surface area contributed by atoms with Crippen LogP contribution in [-0.4, -0.2) is 26.4 Å². The number of benzene rings is 3. The topological polar surface area (TPSA) is 59.8 Å². The van der Waals surface area contributed by atoms with Crippen molar-refractivity contribution in [2.75, 3.05) is 11.1 Å². The highest BCUT2D eigenvalue weighted by Gasteiger charge is 2.17. The zero-order chi connectivity index (χ0) is 20.9. The zero-order valence-electron chi connectivity index (χ0n) is 16.2. The standard InChI is InChI=1S/C23H19FN4OS/c1-16-7-5-6-10-20(16)25-21(29)15-30-23-27-26-22(17-8-3-2-4-9-17)28(23)19-13-11-18(24)12-14-19/h2-14H,15H2,1H3,(H,25,29). The second-order valence-electron chi connectivity index (χ2n) is 6.64. The molecule has 0 aliphatic carbocycles. The van der Waals surface area contributed by atoms with E-state index in [9.17, 15) is 9.18 Å². The average Bonchev–Trinajstić information content (AvgIpc) is 3.19. The largest absolute Gasteiger partial charge is 0.325 e. The van der Waals surface area contributed by atoms with Gasteiger partial charge in [0.2, 0.25) is 5.91 Å². The molecule has 0 spiro atoms. The Kier molecular flexibility index (Phi) is 5.90. The van der Waals surface area contributed by atoms with Gasteiger partial charge < -0.3 is 5.32 Å². The number of carbonyl (C=O) groups is 1. The Bertz CT molecular complexity index is 1160. The molecule has 5 nitrogen and oxygen atoms in total. The summed E-state index contributed by atoms with van der Waals surface area (Å²) in [5, 5.41) is 12.1. The minimum atomic E-state index is -0.320. The van der Waals surface area contributed by atoms with Crippen molar-refractivity contribution in [3.63, 3.8) is 0 Å². The summed E-state index contributed by atoms with van der Waals surface area (Å²) in [5.41, 5.74) is 3.39. The van der Waals surface area contributed by atoms with Gasteiger partial charge in [0, 0.05) is 16.9 Å². The summed E-state index contributed by atoms with van der Waals surface area (Å²) < 4.78 is 15.3. The molecule has 1 amide bonds. The van der Waals surface area contributed by atoms with E-state index in [-0.39, 0.29) is 17.5 Å². The second-order valence-corrected chi connectivity index (χ2v) is 7.58. The zero-order valence-corrected chi connectivity index (χ0v) is 17.1. The molecule has 0 saturated carbocycles. The number of rotatable bonds is 6. The number of nitrogens with zero attached hydrogens (tertiary/aromatic N) is 3.